The Hall–Kier alpha value is -1.82. The summed E-state index contributed by atoms with van der Waals surface area (Å²) in [5.41, 5.74) is 5.19. The van der Waals surface area contributed by atoms with Gasteiger partial charge in [0.15, 0.2) is 17.4 Å². The van der Waals surface area contributed by atoms with E-state index in [-0.39, 0.29) is 23.7 Å². The van der Waals surface area contributed by atoms with Gasteiger partial charge in [-0.25, -0.2) is 9.55 Å². The fourth-order valence-corrected chi connectivity index (χ4v) is 2.52. The molecule has 0 spiro atoms. The van der Waals surface area contributed by atoms with Gasteiger partial charge in [0, 0.05) is 7.11 Å². The summed E-state index contributed by atoms with van der Waals surface area (Å²) >= 11 is 0. The monoisotopic (exact) mass is 377 g/mol. The van der Waals surface area contributed by atoms with E-state index in [1.54, 1.807) is 6.92 Å². The Bertz CT molecular complexity index is 822. The number of phosphoric acid groups is 1. The zero-order chi connectivity index (χ0) is 18.6. The Kier molecular flexibility index (Phi) is 6.27. The number of fused-ring (bicyclic) bond motifs is 1. The van der Waals surface area contributed by atoms with E-state index in [0.717, 1.165) is 7.11 Å². The van der Waals surface area contributed by atoms with E-state index in [2.05, 4.69) is 19.5 Å². The molecule has 25 heavy (non-hydrogen) atoms. The van der Waals surface area contributed by atoms with Crippen LogP contribution in [0.1, 0.15) is 19.6 Å². The number of nitrogen functional groups attached to an aromatic ring is 1. The highest BCUT2D eigenvalue weighted by molar-refractivity contribution is 7.47. The third-order valence-corrected chi connectivity index (χ3v) is 4.31. The maximum Gasteiger partial charge on any atom is 0.472 e. The van der Waals surface area contributed by atoms with Crippen LogP contribution in [-0.2, 0) is 18.3 Å². The highest BCUT2D eigenvalue weighted by Gasteiger charge is 2.24. The molecule has 5 N–H and O–H groups in total. The van der Waals surface area contributed by atoms with E-state index >= 15 is 0 Å². The molecule has 2 aromatic heterocycles. The van der Waals surface area contributed by atoms with Crippen LogP contribution in [0, 0.1) is 0 Å². The van der Waals surface area contributed by atoms with Crippen LogP contribution in [0.5, 0.6) is 0 Å². The number of hydrogen-bond donors (Lipinski definition) is 4. The third kappa shape index (κ3) is 4.63. The van der Waals surface area contributed by atoms with Gasteiger partial charge in [0.25, 0.3) is 5.56 Å². The number of aliphatic hydroxyl groups is 1. The normalized spacial score (nSPS) is 16.6. The molecule has 13 heteroatoms. The minimum absolute atomic E-state index is 0.0415. The van der Waals surface area contributed by atoms with Crippen LogP contribution in [0.3, 0.4) is 0 Å². The Labute approximate surface area is 142 Å². The van der Waals surface area contributed by atoms with Crippen molar-refractivity contribution in [1.82, 2.24) is 19.5 Å². The van der Waals surface area contributed by atoms with Gasteiger partial charge in [-0.1, -0.05) is 6.92 Å². The second kappa shape index (κ2) is 8.04. The first-order chi connectivity index (χ1) is 11.8. The van der Waals surface area contributed by atoms with E-state index in [1.165, 1.54) is 10.9 Å². The van der Waals surface area contributed by atoms with Crippen molar-refractivity contribution >= 4 is 24.9 Å². The molecule has 0 aliphatic rings. The van der Waals surface area contributed by atoms with Crippen LogP contribution >= 0.6 is 7.82 Å². The molecule has 2 unspecified atom stereocenters. The summed E-state index contributed by atoms with van der Waals surface area (Å²) in [5, 5.41) is 9.63. The number of phosphoric ester groups is 1. The first-order valence-electron chi connectivity index (χ1n) is 7.33. The predicted octanol–water partition coefficient (Wildman–Crippen LogP) is -0.249. The van der Waals surface area contributed by atoms with Crippen molar-refractivity contribution in [3.63, 3.8) is 0 Å². The highest BCUT2D eigenvalue weighted by atomic mass is 31.2. The number of aromatic nitrogens is 4. The fourth-order valence-electron chi connectivity index (χ4n) is 2.06. The molecule has 0 fully saturated rings. The molecule has 0 radical (unpaired) electrons. The summed E-state index contributed by atoms with van der Waals surface area (Å²) < 4.78 is 27.5. The summed E-state index contributed by atoms with van der Waals surface area (Å²) in [5.74, 6) is -0.104. The summed E-state index contributed by atoms with van der Waals surface area (Å²) in [6.45, 7) is 1.07. The zero-order valence-corrected chi connectivity index (χ0v) is 14.5. The zero-order valence-electron chi connectivity index (χ0n) is 13.7. The smallest absolute Gasteiger partial charge is 0.392 e. The van der Waals surface area contributed by atoms with Gasteiger partial charge >= 0.3 is 7.82 Å². The van der Waals surface area contributed by atoms with Crippen LogP contribution in [-0.4, -0.2) is 55.9 Å². The molecular formula is C12H20N5O7P. The summed E-state index contributed by atoms with van der Waals surface area (Å²) in [6, 6.07) is 0. The molecular weight excluding hydrogens is 357 g/mol. The van der Waals surface area contributed by atoms with E-state index in [0.29, 0.717) is 6.42 Å². The molecule has 12 nitrogen and oxygen atoms in total. The third-order valence-electron chi connectivity index (χ3n) is 3.38. The molecule has 2 aromatic rings. The summed E-state index contributed by atoms with van der Waals surface area (Å²) in [7, 11) is -3.09. The van der Waals surface area contributed by atoms with E-state index < -0.39 is 32.3 Å². The SMILES string of the molecule is CC[C@H](COP(=O)(O)OC)OC(CO)n1cnc2c(=O)[nH]c(N)nc21. The number of aromatic amines is 1. The second-order valence-corrected chi connectivity index (χ2v) is 6.59. The van der Waals surface area contributed by atoms with Gasteiger partial charge in [-0.3, -0.25) is 23.4 Å². The average molecular weight is 377 g/mol. The van der Waals surface area contributed by atoms with Crippen molar-refractivity contribution in [2.75, 3.05) is 26.1 Å². The van der Waals surface area contributed by atoms with E-state index in [9.17, 15) is 19.4 Å². The van der Waals surface area contributed by atoms with Crippen LogP contribution in [0.15, 0.2) is 11.1 Å². The van der Waals surface area contributed by atoms with Gasteiger partial charge in [-0.15, -0.1) is 0 Å². The predicted molar refractivity (Wildman–Crippen MR) is 86.6 cm³/mol. The lowest BCUT2D eigenvalue weighted by Crippen LogP contribution is -2.27. The molecule has 140 valence electrons. The number of hydrogen-bond acceptors (Lipinski definition) is 9. The summed E-state index contributed by atoms with van der Waals surface area (Å²) in [4.78, 5) is 31.3. The van der Waals surface area contributed by atoms with Crippen LogP contribution < -0.4 is 11.3 Å². The first-order valence-corrected chi connectivity index (χ1v) is 8.82. The highest BCUT2D eigenvalue weighted by Crippen LogP contribution is 2.42. The number of ether oxygens (including phenoxy) is 1. The molecule has 0 amide bonds. The minimum Gasteiger partial charge on any atom is -0.392 e. The number of nitrogens with zero attached hydrogens (tertiary/aromatic N) is 3. The maximum absolute atomic E-state index is 11.8. The van der Waals surface area contributed by atoms with Crippen molar-refractivity contribution in [2.45, 2.75) is 25.7 Å². The lowest BCUT2D eigenvalue weighted by atomic mass is 10.3. The Morgan fingerprint density at radius 3 is 2.84 bits per heavy atom. The van der Waals surface area contributed by atoms with Gasteiger partial charge in [-0.05, 0) is 6.42 Å². The van der Waals surface area contributed by atoms with Gasteiger partial charge in [0.05, 0.1) is 25.6 Å². The van der Waals surface area contributed by atoms with Gasteiger partial charge in [-0.2, -0.15) is 4.98 Å². The lowest BCUT2D eigenvalue weighted by molar-refractivity contribution is -0.0947. The number of aliphatic hydroxyl groups excluding tert-OH is 1. The van der Waals surface area contributed by atoms with Crippen molar-refractivity contribution in [3.8, 4) is 0 Å². The molecule has 0 aliphatic carbocycles. The first kappa shape index (κ1) is 19.5. The number of nitrogens with one attached hydrogen (secondary N) is 1. The minimum atomic E-state index is -4.14. The Balaban J connectivity index is 2.21. The molecule has 0 aromatic carbocycles. The van der Waals surface area contributed by atoms with E-state index in [1.807, 2.05) is 0 Å². The standard InChI is InChI=1S/C12H20N5O7P/c1-3-7(5-23-25(20,21)22-2)24-8(4-18)17-6-14-9-10(17)15-12(13)16-11(9)19/h6-8,18H,3-5H2,1-2H3,(H,20,21)(H3,13,15,16,19)/t7-,8?/m1/s1. The van der Waals surface area contributed by atoms with Gasteiger partial charge in [0.1, 0.15) is 0 Å². The van der Waals surface area contributed by atoms with Crippen LogP contribution in [0.4, 0.5) is 5.95 Å². The molecule has 2 heterocycles. The van der Waals surface area contributed by atoms with Gasteiger partial charge in [0.2, 0.25) is 5.95 Å². The maximum atomic E-state index is 11.8. The van der Waals surface area contributed by atoms with Crippen LogP contribution in [0.2, 0.25) is 0 Å². The lowest BCUT2D eigenvalue weighted by Gasteiger charge is -2.24. The van der Waals surface area contributed by atoms with E-state index in [4.69, 9.17) is 15.0 Å². The van der Waals surface area contributed by atoms with Gasteiger partial charge < -0.3 is 20.5 Å². The molecule has 2 rings (SSSR count). The van der Waals surface area contributed by atoms with Crippen molar-refractivity contribution in [2.24, 2.45) is 0 Å². The number of H-pyrrole nitrogens is 1. The number of imidazole rings is 1. The quantitative estimate of drug-likeness (QED) is 0.426. The van der Waals surface area contributed by atoms with Crippen molar-refractivity contribution < 1.29 is 28.3 Å². The van der Waals surface area contributed by atoms with Crippen molar-refractivity contribution in [1.29, 1.82) is 0 Å². The summed E-state index contributed by atoms with van der Waals surface area (Å²) in [6.07, 6.45) is 0.119. The molecule has 0 bridgehead atoms. The Morgan fingerprint density at radius 2 is 2.24 bits per heavy atom. The van der Waals surface area contributed by atoms with Crippen molar-refractivity contribution in [3.05, 3.63) is 16.7 Å². The molecule has 0 saturated heterocycles. The molecule has 3 atom stereocenters. The number of anilines is 1. The molecule has 0 saturated carbocycles. The average Bonchev–Trinajstić information content (AvgIpc) is 2.99. The molecule has 0 aliphatic heterocycles. The number of rotatable bonds is 9. The largest absolute Gasteiger partial charge is 0.472 e. The topological polar surface area (TPSA) is 175 Å². The Morgan fingerprint density at radius 1 is 1.52 bits per heavy atom. The number of nitrogens with two attached hydrogens (primary N) is 1. The second-order valence-electron chi connectivity index (χ2n) is 5.03. The fraction of sp³-hybridized carbons (Fsp3) is 0.583. The van der Waals surface area contributed by atoms with Crippen LogP contribution in [0.25, 0.3) is 11.2 Å².